The van der Waals surface area contributed by atoms with Crippen molar-refractivity contribution in [1.82, 2.24) is 29.0 Å². The number of hydrogen-bond acceptors (Lipinski definition) is 9. The molecule has 0 unspecified atom stereocenters. The van der Waals surface area contributed by atoms with Crippen LogP contribution in [0.15, 0.2) is 36.5 Å². The standard InChI is InChI=1S/C23H27N7O3S2/c1-35(31,32)29-8-6-27(7-9-29)16-18-14-19-21(34-18)22(28-10-12-33-13-11-28)26-23(25-19)30-20-5-3-2-4-17(20)15-24-30/h2-5,14-15H,6-13,16H2,1H3. The molecule has 0 spiro atoms. The molecule has 4 aromatic rings. The number of ether oxygens (including phenoxy) is 1. The van der Waals surface area contributed by atoms with Crippen LogP contribution in [0.1, 0.15) is 4.88 Å². The van der Waals surface area contributed by atoms with Crippen molar-refractivity contribution in [1.29, 1.82) is 0 Å². The minimum Gasteiger partial charge on any atom is -0.378 e. The molecule has 0 bridgehead atoms. The third kappa shape index (κ3) is 4.52. The molecule has 1 aromatic carbocycles. The minimum absolute atomic E-state index is 0.527. The normalized spacial score (nSPS) is 18.6. The molecule has 12 heteroatoms. The van der Waals surface area contributed by atoms with Gasteiger partial charge in [0.15, 0.2) is 5.82 Å². The Bertz CT molecular complexity index is 1470. The van der Waals surface area contributed by atoms with Crippen LogP contribution in [0.25, 0.3) is 27.1 Å². The van der Waals surface area contributed by atoms with Gasteiger partial charge in [-0.1, -0.05) is 18.2 Å². The van der Waals surface area contributed by atoms with E-state index in [9.17, 15) is 8.42 Å². The van der Waals surface area contributed by atoms with Crippen LogP contribution in [-0.4, -0.2) is 96.1 Å². The van der Waals surface area contributed by atoms with Crippen LogP contribution in [-0.2, 0) is 21.3 Å². The molecule has 3 aromatic heterocycles. The molecule has 184 valence electrons. The monoisotopic (exact) mass is 513 g/mol. The lowest BCUT2D eigenvalue weighted by Crippen LogP contribution is -2.47. The van der Waals surface area contributed by atoms with Crippen LogP contribution in [0.5, 0.6) is 0 Å². The van der Waals surface area contributed by atoms with E-state index in [2.05, 4.69) is 21.0 Å². The van der Waals surface area contributed by atoms with Gasteiger partial charge in [-0.05, 0) is 12.1 Å². The summed E-state index contributed by atoms with van der Waals surface area (Å²) in [6.45, 7) is 6.17. The number of benzene rings is 1. The summed E-state index contributed by atoms with van der Waals surface area (Å²) in [5.74, 6) is 1.48. The number of hydrogen-bond donors (Lipinski definition) is 0. The van der Waals surface area contributed by atoms with E-state index in [1.165, 1.54) is 11.1 Å². The molecule has 6 rings (SSSR count). The Hall–Kier alpha value is -2.64. The summed E-state index contributed by atoms with van der Waals surface area (Å²) in [7, 11) is -3.14. The van der Waals surface area contributed by atoms with Crippen LogP contribution in [0, 0.1) is 0 Å². The highest BCUT2D eigenvalue weighted by atomic mass is 32.2. The number of aromatic nitrogens is 4. The SMILES string of the molecule is CS(=O)(=O)N1CCN(Cc2cc3nc(-n4ncc5ccccc54)nc(N4CCOCC4)c3s2)CC1. The second kappa shape index (κ2) is 9.10. The Morgan fingerprint density at radius 3 is 2.57 bits per heavy atom. The van der Waals surface area contributed by atoms with Gasteiger partial charge < -0.3 is 9.64 Å². The van der Waals surface area contributed by atoms with Crippen LogP contribution in [0.2, 0.25) is 0 Å². The van der Waals surface area contributed by atoms with Gasteiger partial charge in [-0.2, -0.15) is 19.1 Å². The van der Waals surface area contributed by atoms with Crippen LogP contribution in [0.4, 0.5) is 5.82 Å². The molecule has 2 saturated heterocycles. The third-order valence-corrected chi connectivity index (χ3v) is 8.96. The maximum absolute atomic E-state index is 11.8. The van der Waals surface area contributed by atoms with Crippen molar-refractivity contribution in [2.24, 2.45) is 0 Å². The van der Waals surface area contributed by atoms with Gasteiger partial charge in [0.25, 0.3) is 5.95 Å². The molecule has 5 heterocycles. The lowest BCUT2D eigenvalue weighted by molar-refractivity contribution is 0.122. The van der Waals surface area contributed by atoms with E-state index in [0.29, 0.717) is 45.3 Å². The molecule has 2 fully saturated rings. The van der Waals surface area contributed by atoms with Crippen molar-refractivity contribution in [3.63, 3.8) is 0 Å². The van der Waals surface area contributed by atoms with Crippen molar-refractivity contribution in [3.8, 4) is 5.95 Å². The number of anilines is 1. The van der Waals surface area contributed by atoms with Crippen molar-refractivity contribution in [3.05, 3.63) is 41.4 Å². The van der Waals surface area contributed by atoms with Crippen molar-refractivity contribution in [2.75, 3.05) is 63.6 Å². The lowest BCUT2D eigenvalue weighted by atomic mass is 10.3. The van der Waals surface area contributed by atoms with E-state index in [-0.39, 0.29) is 0 Å². The second-order valence-electron chi connectivity index (χ2n) is 8.93. The fraction of sp³-hybridized carbons (Fsp3) is 0.435. The van der Waals surface area contributed by atoms with Gasteiger partial charge in [-0.25, -0.2) is 13.4 Å². The summed E-state index contributed by atoms with van der Waals surface area (Å²) in [5, 5.41) is 5.62. The van der Waals surface area contributed by atoms with E-state index in [4.69, 9.17) is 14.7 Å². The Morgan fingerprint density at radius 1 is 1.03 bits per heavy atom. The van der Waals surface area contributed by atoms with Crippen LogP contribution >= 0.6 is 11.3 Å². The first-order chi connectivity index (χ1) is 17.0. The van der Waals surface area contributed by atoms with Gasteiger partial charge in [0.2, 0.25) is 10.0 Å². The minimum atomic E-state index is -3.14. The number of fused-ring (bicyclic) bond motifs is 2. The number of thiophene rings is 1. The molecule has 0 N–H and O–H groups in total. The molecular formula is C23H27N7O3S2. The van der Waals surface area contributed by atoms with Gasteiger partial charge in [-0.15, -0.1) is 11.3 Å². The lowest BCUT2D eigenvalue weighted by Gasteiger charge is -2.32. The highest BCUT2D eigenvalue weighted by Crippen LogP contribution is 2.34. The molecule has 0 saturated carbocycles. The summed E-state index contributed by atoms with van der Waals surface area (Å²) in [5.41, 5.74) is 1.88. The molecule has 2 aliphatic heterocycles. The predicted molar refractivity (Wildman–Crippen MR) is 137 cm³/mol. The average molecular weight is 514 g/mol. The maximum atomic E-state index is 11.8. The quantitative estimate of drug-likeness (QED) is 0.400. The Kier molecular flexibility index (Phi) is 5.93. The Morgan fingerprint density at radius 2 is 1.80 bits per heavy atom. The van der Waals surface area contributed by atoms with Gasteiger partial charge >= 0.3 is 0 Å². The van der Waals surface area contributed by atoms with Crippen molar-refractivity contribution in [2.45, 2.75) is 6.54 Å². The molecule has 0 amide bonds. The van der Waals surface area contributed by atoms with Crippen molar-refractivity contribution >= 4 is 48.3 Å². The molecule has 2 aliphatic rings. The Labute approximate surface area is 207 Å². The van der Waals surface area contributed by atoms with Gasteiger partial charge in [0.05, 0.1) is 41.4 Å². The molecule has 10 nitrogen and oxygen atoms in total. The summed E-state index contributed by atoms with van der Waals surface area (Å²) < 4.78 is 33.7. The topological polar surface area (TPSA) is 96.7 Å². The van der Waals surface area contributed by atoms with Crippen LogP contribution < -0.4 is 4.90 Å². The third-order valence-electron chi connectivity index (χ3n) is 6.55. The first kappa shape index (κ1) is 22.8. The van der Waals surface area contributed by atoms with Crippen molar-refractivity contribution < 1.29 is 13.2 Å². The average Bonchev–Trinajstić information content (AvgIpc) is 3.47. The summed E-state index contributed by atoms with van der Waals surface area (Å²) in [6.07, 6.45) is 3.12. The molecule has 0 aliphatic carbocycles. The summed E-state index contributed by atoms with van der Waals surface area (Å²) >= 11 is 1.72. The Balaban J connectivity index is 1.35. The van der Waals surface area contributed by atoms with Gasteiger partial charge in [0, 0.05) is 56.1 Å². The number of morpholine rings is 1. The number of nitrogens with zero attached hydrogens (tertiary/aromatic N) is 7. The van der Waals surface area contributed by atoms with E-state index in [1.54, 1.807) is 20.3 Å². The summed E-state index contributed by atoms with van der Waals surface area (Å²) in [6, 6.07) is 10.2. The van der Waals surface area contributed by atoms with E-state index in [1.807, 2.05) is 30.5 Å². The first-order valence-corrected chi connectivity index (χ1v) is 14.4. The second-order valence-corrected chi connectivity index (χ2v) is 12.0. The zero-order valence-electron chi connectivity index (χ0n) is 19.5. The van der Waals surface area contributed by atoms with E-state index >= 15 is 0 Å². The largest absolute Gasteiger partial charge is 0.378 e. The van der Waals surface area contributed by atoms with Gasteiger partial charge in [0.1, 0.15) is 0 Å². The molecule has 35 heavy (non-hydrogen) atoms. The number of piperazine rings is 1. The highest BCUT2D eigenvalue weighted by Gasteiger charge is 2.25. The number of para-hydroxylation sites is 1. The fourth-order valence-corrected chi connectivity index (χ4v) is 6.67. The highest BCUT2D eigenvalue weighted by molar-refractivity contribution is 7.88. The number of sulfonamides is 1. The molecule has 0 atom stereocenters. The smallest absolute Gasteiger partial charge is 0.253 e. The molecular weight excluding hydrogens is 486 g/mol. The first-order valence-electron chi connectivity index (χ1n) is 11.7. The maximum Gasteiger partial charge on any atom is 0.253 e. The van der Waals surface area contributed by atoms with E-state index < -0.39 is 10.0 Å². The zero-order chi connectivity index (χ0) is 24.0. The summed E-state index contributed by atoms with van der Waals surface area (Å²) in [4.78, 5) is 15.7. The predicted octanol–water partition coefficient (Wildman–Crippen LogP) is 1.94. The van der Waals surface area contributed by atoms with Gasteiger partial charge in [-0.3, -0.25) is 4.90 Å². The fourth-order valence-electron chi connectivity index (χ4n) is 4.69. The molecule has 0 radical (unpaired) electrons. The number of rotatable bonds is 5. The zero-order valence-corrected chi connectivity index (χ0v) is 21.1. The van der Waals surface area contributed by atoms with Crippen LogP contribution in [0.3, 0.4) is 0 Å². The van der Waals surface area contributed by atoms with E-state index in [0.717, 1.165) is 46.6 Å².